The van der Waals surface area contributed by atoms with E-state index in [2.05, 4.69) is 5.32 Å². The molecule has 1 amide bonds. The Bertz CT molecular complexity index is 950. The summed E-state index contributed by atoms with van der Waals surface area (Å²) in [5.74, 6) is 0.299. The molecule has 0 saturated carbocycles. The molecule has 0 unspecified atom stereocenters. The van der Waals surface area contributed by atoms with Crippen LogP contribution in [0.25, 0.3) is 6.08 Å². The van der Waals surface area contributed by atoms with Crippen LogP contribution in [0.4, 0.5) is 5.69 Å². The van der Waals surface area contributed by atoms with Gasteiger partial charge >= 0.3 is 0 Å². The van der Waals surface area contributed by atoms with Gasteiger partial charge in [0.1, 0.15) is 5.75 Å². The quantitative estimate of drug-likeness (QED) is 0.759. The number of benzene rings is 2. The number of hydrogen-bond donors (Lipinski definition) is 2. The molecule has 0 spiro atoms. The monoisotopic (exact) mass is 374 g/mol. The molecule has 3 N–H and O–H groups in total. The van der Waals surface area contributed by atoms with Crippen molar-refractivity contribution >= 4 is 27.7 Å². The van der Waals surface area contributed by atoms with E-state index in [1.165, 1.54) is 18.2 Å². The van der Waals surface area contributed by atoms with Crippen LogP contribution in [0.2, 0.25) is 0 Å². The molecular weight excluding hydrogens is 352 g/mol. The highest BCUT2D eigenvalue weighted by Gasteiger charge is 2.13. The number of carbonyl (C=O) groups is 1. The highest BCUT2D eigenvalue weighted by molar-refractivity contribution is 7.89. The van der Waals surface area contributed by atoms with Gasteiger partial charge in [0, 0.05) is 17.3 Å². The molecule has 0 atom stereocenters. The molecular formula is C19H22N2O4S. The minimum atomic E-state index is -3.85. The summed E-state index contributed by atoms with van der Waals surface area (Å²) in [7, 11) is -3.85. The summed E-state index contributed by atoms with van der Waals surface area (Å²) in [6.07, 6.45) is 3.02. The first-order chi connectivity index (χ1) is 12.2. The number of sulfonamides is 1. The Morgan fingerprint density at radius 2 is 1.92 bits per heavy atom. The Balaban J connectivity index is 2.24. The Morgan fingerprint density at radius 1 is 1.23 bits per heavy atom. The average molecular weight is 374 g/mol. The van der Waals surface area contributed by atoms with Crippen molar-refractivity contribution in [3.8, 4) is 5.75 Å². The Hall–Kier alpha value is -2.64. The average Bonchev–Trinajstić information content (AvgIpc) is 2.57. The fourth-order valence-electron chi connectivity index (χ4n) is 2.37. The number of nitrogens with one attached hydrogen (secondary N) is 1. The molecule has 2 rings (SSSR count). The van der Waals surface area contributed by atoms with E-state index >= 15 is 0 Å². The van der Waals surface area contributed by atoms with E-state index in [-0.39, 0.29) is 10.8 Å². The second-order valence-electron chi connectivity index (χ2n) is 5.75. The van der Waals surface area contributed by atoms with Crippen LogP contribution in [0, 0.1) is 13.8 Å². The lowest BCUT2D eigenvalue weighted by Gasteiger charge is -2.11. The lowest BCUT2D eigenvalue weighted by atomic mass is 10.1. The van der Waals surface area contributed by atoms with E-state index in [1.807, 2.05) is 31.2 Å². The number of aryl methyl sites for hydroxylation is 1. The van der Waals surface area contributed by atoms with Crippen LogP contribution >= 0.6 is 0 Å². The van der Waals surface area contributed by atoms with E-state index in [9.17, 15) is 13.2 Å². The van der Waals surface area contributed by atoms with Gasteiger partial charge in [-0.3, -0.25) is 4.79 Å². The van der Waals surface area contributed by atoms with Crippen molar-refractivity contribution in [2.24, 2.45) is 5.14 Å². The predicted molar refractivity (Wildman–Crippen MR) is 103 cm³/mol. The molecule has 6 nitrogen and oxygen atoms in total. The van der Waals surface area contributed by atoms with Gasteiger partial charge in [0.2, 0.25) is 15.9 Å². The van der Waals surface area contributed by atoms with Crippen LogP contribution < -0.4 is 15.2 Å². The summed E-state index contributed by atoms with van der Waals surface area (Å²) >= 11 is 0. The third-order valence-electron chi connectivity index (χ3n) is 3.86. The molecule has 0 aromatic heterocycles. The molecule has 138 valence electrons. The number of hydrogen-bond acceptors (Lipinski definition) is 4. The molecule has 2 aromatic rings. The fraction of sp³-hybridized carbons (Fsp3) is 0.211. The summed E-state index contributed by atoms with van der Waals surface area (Å²) in [6, 6.07) is 10.2. The van der Waals surface area contributed by atoms with E-state index in [0.717, 1.165) is 16.7 Å². The largest absolute Gasteiger partial charge is 0.493 e. The lowest BCUT2D eigenvalue weighted by Crippen LogP contribution is -2.15. The molecule has 26 heavy (non-hydrogen) atoms. The van der Waals surface area contributed by atoms with Gasteiger partial charge in [-0.2, -0.15) is 0 Å². The van der Waals surface area contributed by atoms with Crippen molar-refractivity contribution in [1.82, 2.24) is 0 Å². The number of anilines is 1. The van der Waals surface area contributed by atoms with E-state index in [0.29, 0.717) is 18.0 Å². The number of primary sulfonamides is 1. The predicted octanol–water partition coefficient (Wildman–Crippen LogP) is 3.00. The van der Waals surface area contributed by atoms with Crippen LogP contribution in [-0.2, 0) is 14.8 Å². The van der Waals surface area contributed by atoms with Crippen molar-refractivity contribution in [3.05, 3.63) is 59.2 Å². The molecule has 0 bridgehead atoms. The first-order valence-electron chi connectivity index (χ1n) is 8.07. The standard InChI is InChI=1S/C19H22N2O4S/c1-4-25-18-8-6-5-7-15(18)9-10-19(22)21-17-12-16(26(20,23)24)11-13(2)14(17)3/h5-12H,4H2,1-3H3,(H,21,22)(H2,20,23,24)/b10-9+. The number of nitrogens with two attached hydrogens (primary N) is 1. The third kappa shape index (κ3) is 4.93. The van der Waals surface area contributed by atoms with Crippen molar-refractivity contribution in [3.63, 3.8) is 0 Å². The maximum absolute atomic E-state index is 12.3. The van der Waals surface area contributed by atoms with Crippen molar-refractivity contribution in [2.75, 3.05) is 11.9 Å². The van der Waals surface area contributed by atoms with Crippen LogP contribution in [0.5, 0.6) is 5.75 Å². The molecule has 0 aliphatic heterocycles. The third-order valence-corrected chi connectivity index (χ3v) is 4.75. The fourth-order valence-corrected chi connectivity index (χ4v) is 2.99. The summed E-state index contributed by atoms with van der Waals surface area (Å²) in [6.45, 7) is 5.96. The van der Waals surface area contributed by atoms with Gasteiger partial charge in [-0.1, -0.05) is 18.2 Å². The van der Waals surface area contributed by atoms with E-state index < -0.39 is 10.0 Å². The zero-order valence-corrected chi connectivity index (χ0v) is 15.8. The first-order valence-corrected chi connectivity index (χ1v) is 9.62. The van der Waals surface area contributed by atoms with Gasteiger partial charge in [0.15, 0.2) is 0 Å². The zero-order valence-electron chi connectivity index (χ0n) is 14.9. The Labute approximate surface area is 153 Å². The van der Waals surface area contributed by atoms with Crippen LogP contribution in [-0.4, -0.2) is 20.9 Å². The van der Waals surface area contributed by atoms with Gasteiger partial charge < -0.3 is 10.1 Å². The summed E-state index contributed by atoms with van der Waals surface area (Å²) < 4.78 is 28.7. The number of ether oxygens (including phenoxy) is 1. The highest BCUT2D eigenvalue weighted by Crippen LogP contribution is 2.24. The van der Waals surface area contributed by atoms with E-state index in [4.69, 9.17) is 9.88 Å². The van der Waals surface area contributed by atoms with Crippen molar-refractivity contribution in [1.29, 1.82) is 0 Å². The normalized spacial score (nSPS) is 11.5. The molecule has 0 saturated heterocycles. The minimum Gasteiger partial charge on any atom is -0.493 e. The number of para-hydroxylation sites is 1. The molecule has 0 radical (unpaired) electrons. The van der Waals surface area contributed by atoms with Gasteiger partial charge in [-0.15, -0.1) is 0 Å². The molecule has 0 fully saturated rings. The van der Waals surface area contributed by atoms with Gasteiger partial charge in [-0.05, 0) is 56.2 Å². The van der Waals surface area contributed by atoms with Gasteiger partial charge in [0.05, 0.1) is 11.5 Å². The maximum atomic E-state index is 12.3. The summed E-state index contributed by atoms with van der Waals surface area (Å²) in [4.78, 5) is 12.2. The Kier molecular flexibility index (Phi) is 6.18. The molecule has 0 aliphatic rings. The van der Waals surface area contributed by atoms with Crippen LogP contribution in [0.3, 0.4) is 0 Å². The van der Waals surface area contributed by atoms with Crippen LogP contribution in [0.15, 0.2) is 47.4 Å². The molecule has 2 aromatic carbocycles. The van der Waals surface area contributed by atoms with Crippen molar-refractivity contribution < 1.29 is 17.9 Å². The molecule has 7 heteroatoms. The second-order valence-corrected chi connectivity index (χ2v) is 7.31. The SMILES string of the molecule is CCOc1ccccc1/C=C/C(=O)Nc1cc(S(N)(=O)=O)cc(C)c1C. The number of amides is 1. The van der Waals surface area contributed by atoms with E-state index in [1.54, 1.807) is 19.9 Å². The second kappa shape index (κ2) is 8.16. The van der Waals surface area contributed by atoms with Gasteiger partial charge in [0.25, 0.3) is 0 Å². The van der Waals surface area contributed by atoms with Crippen molar-refractivity contribution in [2.45, 2.75) is 25.7 Å². The Morgan fingerprint density at radius 3 is 2.58 bits per heavy atom. The zero-order chi connectivity index (χ0) is 19.3. The maximum Gasteiger partial charge on any atom is 0.248 e. The molecule has 0 aliphatic carbocycles. The minimum absolute atomic E-state index is 0.0402. The smallest absolute Gasteiger partial charge is 0.248 e. The topological polar surface area (TPSA) is 98.5 Å². The summed E-state index contributed by atoms with van der Waals surface area (Å²) in [5, 5.41) is 7.89. The summed E-state index contributed by atoms with van der Waals surface area (Å²) in [5.41, 5.74) is 2.67. The number of rotatable bonds is 6. The highest BCUT2D eigenvalue weighted by atomic mass is 32.2. The van der Waals surface area contributed by atoms with Gasteiger partial charge in [-0.25, -0.2) is 13.6 Å². The lowest BCUT2D eigenvalue weighted by molar-refractivity contribution is -0.111. The first kappa shape index (κ1) is 19.7. The molecule has 0 heterocycles. The number of carbonyl (C=O) groups excluding carboxylic acids is 1. The van der Waals surface area contributed by atoms with Crippen LogP contribution in [0.1, 0.15) is 23.6 Å².